The zero-order valence-corrected chi connectivity index (χ0v) is 11.5. The summed E-state index contributed by atoms with van der Waals surface area (Å²) in [6.45, 7) is 6.19. The Labute approximate surface area is 114 Å². The van der Waals surface area contributed by atoms with Crippen molar-refractivity contribution in [2.24, 2.45) is 0 Å². The van der Waals surface area contributed by atoms with Gasteiger partial charge in [-0.15, -0.1) is 0 Å². The number of pyridine rings is 1. The maximum absolute atomic E-state index is 9.36. The Bertz CT molecular complexity index is 387. The lowest BCUT2D eigenvalue weighted by Crippen LogP contribution is -2.46. The third-order valence-electron chi connectivity index (χ3n) is 3.32. The fourth-order valence-corrected chi connectivity index (χ4v) is 2.22. The number of aromatic nitrogens is 1. The minimum atomic E-state index is 0.0859. The molecule has 5 heteroatoms. The van der Waals surface area contributed by atoms with E-state index >= 15 is 0 Å². The number of rotatable bonds is 6. The first kappa shape index (κ1) is 14.2. The third kappa shape index (κ3) is 4.16. The van der Waals surface area contributed by atoms with Crippen molar-refractivity contribution in [3.8, 4) is 0 Å². The van der Waals surface area contributed by atoms with E-state index in [9.17, 15) is 5.11 Å². The minimum absolute atomic E-state index is 0.0859. The van der Waals surface area contributed by atoms with E-state index in [-0.39, 0.29) is 12.6 Å². The van der Waals surface area contributed by atoms with Gasteiger partial charge in [-0.25, -0.2) is 0 Å². The highest BCUT2D eigenvalue weighted by atomic mass is 16.5. The van der Waals surface area contributed by atoms with Gasteiger partial charge in [0.15, 0.2) is 0 Å². The van der Waals surface area contributed by atoms with E-state index in [2.05, 4.69) is 28.2 Å². The number of aliphatic hydroxyl groups excluding tert-OH is 1. The molecule has 1 aliphatic heterocycles. The Kier molecular flexibility index (Phi) is 5.57. The fraction of sp³-hybridized carbons (Fsp3) is 0.643. The number of aliphatic hydroxyl groups is 1. The molecule has 0 bridgehead atoms. The number of ether oxygens (including phenoxy) is 1. The molecule has 1 fully saturated rings. The summed E-state index contributed by atoms with van der Waals surface area (Å²) in [5.41, 5.74) is 2.14. The molecular formula is C14H23N3O2. The van der Waals surface area contributed by atoms with Crippen LogP contribution in [0.15, 0.2) is 18.3 Å². The SMILES string of the molecule is CCCNc1ccnc(CN2CCOCC2CO)c1. The van der Waals surface area contributed by atoms with Gasteiger partial charge >= 0.3 is 0 Å². The number of nitrogens with one attached hydrogen (secondary N) is 1. The number of hydrogen-bond acceptors (Lipinski definition) is 5. The number of morpholine rings is 1. The van der Waals surface area contributed by atoms with Crippen LogP contribution >= 0.6 is 0 Å². The second-order valence-electron chi connectivity index (χ2n) is 4.84. The molecule has 1 saturated heterocycles. The highest BCUT2D eigenvalue weighted by molar-refractivity contribution is 5.43. The van der Waals surface area contributed by atoms with Gasteiger partial charge < -0.3 is 15.2 Å². The lowest BCUT2D eigenvalue weighted by atomic mass is 10.2. The second-order valence-corrected chi connectivity index (χ2v) is 4.84. The van der Waals surface area contributed by atoms with Gasteiger partial charge in [0.2, 0.25) is 0 Å². The molecule has 1 aromatic rings. The molecular weight excluding hydrogens is 242 g/mol. The van der Waals surface area contributed by atoms with Crippen molar-refractivity contribution in [2.45, 2.75) is 25.9 Å². The average molecular weight is 265 g/mol. The Morgan fingerprint density at radius 2 is 2.47 bits per heavy atom. The van der Waals surface area contributed by atoms with E-state index in [1.807, 2.05) is 12.3 Å². The third-order valence-corrected chi connectivity index (χ3v) is 3.32. The van der Waals surface area contributed by atoms with Crippen LogP contribution in [0.4, 0.5) is 5.69 Å². The van der Waals surface area contributed by atoms with E-state index < -0.39 is 0 Å². The van der Waals surface area contributed by atoms with E-state index in [1.165, 1.54) is 0 Å². The predicted molar refractivity (Wildman–Crippen MR) is 75.1 cm³/mol. The average Bonchev–Trinajstić information content (AvgIpc) is 2.46. The van der Waals surface area contributed by atoms with Crippen molar-refractivity contribution in [1.29, 1.82) is 0 Å². The lowest BCUT2D eigenvalue weighted by molar-refractivity contribution is -0.0317. The van der Waals surface area contributed by atoms with Crippen molar-refractivity contribution in [1.82, 2.24) is 9.88 Å². The van der Waals surface area contributed by atoms with Crippen LogP contribution in [0.5, 0.6) is 0 Å². The Balaban J connectivity index is 1.97. The first-order chi connectivity index (χ1) is 9.33. The highest BCUT2D eigenvalue weighted by Gasteiger charge is 2.22. The van der Waals surface area contributed by atoms with Crippen LogP contribution in [0.25, 0.3) is 0 Å². The monoisotopic (exact) mass is 265 g/mol. The summed E-state index contributed by atoms with van der Waals surface area (Å²) in [4.78, 5) is 6.64. The maximum atomic E-state index is 9.36. The predicted octanol–water partition coefficient (Wildman–Crippen LogP) is 1.10. The molecule has 0 spiro atoms. The molecule has 0 aliphatic carbocycles. The Morgan fingerprint density at radius 3 is 3.26 bits per heavy atom. The van der Waals surface area contributed by atoms with E-state index in [4.69, 9.17) is 4.74 Å². The molecule has 1 atom stereocenters. The van der Waals surface area contributed by atoms with Gasteiger partial charge in [0, 0.05) is 31.5 Å². The van der Waals surface area contributed by atoms with Gasteiger partial charge in [-0.05, 0) is 18.6 Å². The van der Waals surface area contributed by atoms with E-state index in [0.29, 0.717) is 6.61 Å². The zero-order valence-electron chi connectivity index (χ0n) is 11.5. The number of anilines is 1. The lowest BCUT2D eigenvalue weighted by Gasteiger charge is -2.34. The summed E-state index contributed by atoms with van der Waals surface area (Å²) >= 11 is 0. The molecule has 1 unspecified atom stereocenters. The van der Waals surface area contributed by atoms with Crippen molar-refractivity contribution in [3.63, 3.8) is 0 Å². The smallest absolute Gasteiger partial charge is 0.0645 e. The van der Waals surface area contributed by atoms with Crippen LogP contribution in [-0.4, -0.2) is 53.9 Å². The van der Waals surface area contributed by atoms with E-state index in [0.717, 1.165) is 44.0 Å². The quantitative estimate of drug-likeness (QED) is 0.806. The van der Waals surface area contributed by atoms with Gasteiger partial charge in [0.1, 0.15) is 0 Å². The van der Waals surface area contributed by atoms with Gasteiger partial charge in [-0.2, -0.15) is 0 Å². The molecule has 5 nitrogen and oxygen atoms in total. The molecule has 106 valence electrons. The molecule has 2 heterocycles. The largest absolute Gasteiger partial charge is 0.395 e. The minimum Gasteiger partial charge on any atom is -0.395 e. The summed E-state index contributed by atoms with van der Waals surface area (Å²) in [7, 11) is 0. The van der Waals surface area contributed by atoms with Gasteiger partial charge in [-0.1, -0.05) is 6.92 Å². The summed E-state index contributed by atoms with van der Waals surface area (Å²) in [5, 5.41) is 12.7. The van der Waals surface area contributed by atoms with Gasteiger partial charge in [0.05, 0.1) is 31.6 Å². The number of nitrogens with zero attached hydrogens (tertiary/aromatic N) is 2. The molecule has 2 N–H and O–H groups in total. The van der Waals surface area contributed by atoms with Crippen molar-refractivity contribution in [2.75, 3.05) is 38.2 Å². The van der Waals surface area contributed by atoms with Gasteiger partial charge in [-0.3, -0.25) is 9.88 Å². The van der Waals surface area contributed by atoms with Crippen molar-refractivity contribution < 1.29 is 9.84 Å². The Hall–Kier alpha value is -1.17. The van der Waals surface area contributed by atoms with Crippen molar-refractivity contribution >= 4 is 5.69 Å². The summed E-state index contributed by atoms with van der Waals surface area (Å²) in [6, 6.07) is 4.16. The van der Waals surface area contributed by atoms with Crippen molar-refractivity contribution in [3.05, 3.63) is 24.0 Å². The molecule has 19 heavy (non-hydrogen) atoms. The number of hydrogen-bond donors (Lipinski definition) is 2. The highest BCUT2D eigenvalue weighted by Crippen LogP contribution is 2.14. The van der Waals surface area contributed by atoms with Crippen LogP contribution in [0.1, 0.15) is 19.0 Å². The molecule has 1 aromatic heterocycles. The summed E-state index contributed by atoms with van der Waals surface area (Å²) in [6.07, 6.45) is 2.94. The molecule has 0 saturated carbocycles. The molecule has 0 radical (unpaired) electrons. The topological polar surface area (TPSA) is 57.6 Å². The zero-order chi connectivity index (χ0) is 13.5. The first-order valence-corrected chi connectivity index (χ1v) is 6.95. The molecule has 0 aromatic carbocycles. The summed E-state index contributed by atoms with van der Waals surface area (Å²) < 4.78 is 5.38. The fourth-order valence-electron chi connectivity index (χ4n) is 2.22. The molecule has 2 rings (SSSR count). The standard InChI is InChI=1S/C14H23N3O2/c1-2-4-15-12-3-5-16-13(8-12)9-17-6-7-19-11-14(17)10-18/h3,5,8,14,18H,2,4,6-7,9-11H2,1H3,(H,15,16). The van der Waals surface area contributed by atoms with Crippen LogP contribution < -0.4 is 5.32 Å². The maximum Gasteiger partial charge on any atom is 0.0645 e. The Morgan fingerprint density at radius 1 is 1.58 bits per heavy atom. The normalized spacial score (nSPS) is 20.4. The second kappa shape index (κ2) is 7.43. The van der Waals surface area contributed by atoms with Crippen LogP contribution in [0.2, 0.25) is 0 Å². The van der Waals surface area contributed by atoms with Crippen LogP contribution in [-0.2, 0) is 11.3 Å². The first-order valence-electron chi connectivity index (χ1n) is 6.95. The van der Waals surface area contributed by atoms with E-state index in [1.54, 1.807) is 0 Å². The van der Waals surface area contributed by atoms with Crippen LogP contribution in [0.3, 0.4) is 0 Å². The van der Waals surface area contributed by atoms with Crippen LogP contribution in [0, 0.1) is 0 Å². The molecule has 1 aliphatic rings. The summed E-state index contributed by atoms with van der Waals surface area (Å²) in [5.74, 6) is 0. The van der Waals surface area contributed by atoms with Gasteiger partial charge in [0.25, 0.3) is 0 Å². The molecule has 0 amide bonds.